The van der Waals surface area contributed by atoms with Crippen LogP contribution < -0.4 is 0 Å². The van der Waals surface area contributed by atoms with Crippen molar-refractivity contribution in [3.05, 3.63) is 36.3 Å². The van der Waals surface area contributed by atoms with Crippen LogP contribution in [0.1, 0.15) is 5.69 Å². The lowest BCUT2D eigenvalue weighted by Gasteiger charge is -2.00. The van der Waals surface area contributed by atoms with Crippen molar-refractivity contribution >= 4 is 16.7 Å². The molecule has 14 heavy (non-hydrogen) atoms. The SMILES string of the molecule is Cc1ccc2cnc3c(ccn3C)n12. The van der Waals surface area contributed by atoms with E-state index in [-0.39, 0.29) is 0 Å². The Kier molecular flexibility index (Phi) is 1.29. The van der Waals surface area contributed by atoms with E-state index in [2.05, 4.69) is 34.5 Å². The molecule has 0 unspecified atom stereocenters. The molecule has 0 radical (unpaired) electrons. The molecule has 0 saturated carbocycles. The quantitative estimate of drug-likeness (QED) is 0.526. The first-order valence-electron chi connectivity index (χ1n) is 4.65. The normalized spacial score (nSPS) is 11.6. The Morgan fingerprint density at radius 3 is 2.93 bits per heavy atom. The summed E-state index contributed by atoms with van der Waals surface area (Å²) in [4.78, 5) is 4.42. The second kappa shape index (κ2) is 2.38. The zero-order chi connectivity index (χ0) is 9.71. The van der Waals surface area contributed by atoms with E-state index >= 15 is 0 Å². The molecule has 3 rings (SSSR count). The molecule has 70 valence electrons. The van der Waals surface area contributed by atoms with Gasteiger partial charge in [-0.2, -0.15) is 0 Å². The fourth-order valence-corrected chi connectivity index (χ4v) is 1.96. The highest BCUT2D eigenvalue weighted by Crippen LogP contribution is 2.17. The first-order chi connectivity index (χ1) is 6.77. The third-order valence-electron chi connectivity index (χ3n) is 2.69. The second-order valence-electron chi connectivity index (χ2n) is 3.63. The van der Waals surface area contributed by atoms with Crippen LogP contribution in [0.4, 0.5) is 0 Å². The van der Waals surface area contributed by atoms with Gasteiger partial charge in [0.2, 0.25) is 0 Å². The Morgan fingerprint density at radius 2 is 2.07 bits per heavy atom. The van der Waals surface area contributed by atoms with Crippen molar-refractivity contribution in [1.29, 1.82) is 0 Å². The molecule has 0 atom stereocenters. The topological polar surface area (TPSA) is 22.2 Å². The average Bonchev–Trinajstić information content (AvgIpc) is 2.72. The van der Waals surface area contributed by atoms with Crippen molar-refractivity contribution in [3.8, 4) is 0 Å². The van der Waals surface area contributed by atoms with Crippen LogP contribution in [0, 0.1) is 6.92 Å². The summed E-state index contributed by atoms with van der Waals surface area (Å²) in [6.07, 6.45) is 3.95. The van der Waals surface area contributed by atoms with E-state index in [1.165, 1.54) is 11.2 Å². The summed E-state index contributed by atoms with van der Waals surface area (Å²) in [5.41, 5.74) is 4.60. The van der Waals surface area contributed by atoms with Crippen molar-refractivity contribution < 1.29 is 0 Å². The third kappa shape index (κ3) is 0.789. The maximum absolute atomic E-state index is 4.42. The summed E-state index contributed by atoms with van der Waals surface area (Å²) in [7, 11) is 2.01. The number of hydrogen-bond donors (Lipinski definition) is 0. The molecule has 0 aromatic carbocycles. The molecular formula is C11H11N3. The van der Waals surface area contributed by atoms with Crippen LogP contribution in [0.15, 0.2) is 30.6 Å². The Bertz CT molecular complexity index is 616. The lowest BCUT2D eigenvalue weighted by Crippen LogP contribution is -1.93. The zero-order valence-corrected chi connectivity index (χ0v) is 8.23. The Labute approximate surface area is 81.6 Å². The third-order valence-corrected chi connectivity index (χ3v) is 2.69. The van der Waals surface area contributed by atoms with E-state index in [1.54, 1.807) is 0 Å². The van der Waals surface area contributed by atoms with Crippen LogP contribution in [-0.4, -0.2) is 14.0 Å². The first-order valence-corrected chi connectivity index (χ1v) is 4.65. The highest BCUT2D eigenvalue weighted by atomic mass is 15.1. The average molecular weight is 185 g/mol. The Hall–Kier alpha value is -1.77. The van der Waals surface area contributed by atoms with E-state index in [9.17, 15) is 0 Å². The van der Waals surface area contributed by atoms with Gasteiger partial charge in [0.05, 0.1) is 17.2 Å². The van der Waals surface area contributed by atoms with Crippen molar-refractivity contribution in [1.82, 2.24) is 14.0 Å². The van der Waals surface area contributed by atoms with Gasteiger partial charge in [-0.25, -0.2) is 4.98 Å². The van der Waals surface area contributed by atoms with Crippen molar-refractivity contribution in [2.75, 3.05) is 0 Å². The van der Waals surface area contributed by atoms with Crippen LogP contribution in [-0.2, 0) is 7.05 Å². The minimum absolute atomic E-state index is 1.02. The first kappa shape index (κ1) is 7.62. The number of nitrogens with zero attached hydrogens (tertiary/aromatic N) is 3. The fourth-order valence-electron chi connectivity index (χ4n) is 1.96. The summed E-state index contributed by atoms with van der Waals surface area (Å²) < 4.78 is 4.26. The number of rotatable bonds is 0. The summed E-state index contributed by atoms with van der Waals surface area (Å²) in [5, 5.41) is 0. The minimum atomic E-state index is 1.02. The molecule has 3 nitrogen and oxygen atoms in total. The lowest BCUT2D eigenvalue weighted by molar-refractivity contribution is 0.945. The zero-order valence-electron chi connectivity index (χ0n) is 8.23. The minimum Gasteiger partial charge on any atom is -0.334 e. The van der Waals surface area contributed by atoms with E-state index < -0.39 is 0 Å². The van der Waals surface area contributed by atoms with Crippen molar-refractivity contribution in [2.45, 2.75) is 6.92 Å². The Morgan fingerprint density at radius 1 is 1.21 bits per heavy atom. The van der Waals surface area contributed by atoms with Crippen molar-refractivity contribution in [3.63, 3.8) is 0 Å². The standard InChI is InChI=1S/C11H11N3/c1-8-3-4-9-7-12-11-10(14(8)9)5-6-13(11)2/h3-7H,1-2H3. The summed E-state index contributed by atoms with van der Waals surface area (Å²) in [5.74, 6) is 0. The van der Waals surface area contributed by atoms with Crippen LogP contribution in [0.3, 0.4) is 0 Å². The van der Waals surface area contributed by atoms with Gasteiger partial charge in [0.15, 0.2) is 5.65 Å². The molecule has 3 aromatic heterocycles. The monoisotopic (exact) mass is 185 g/mol. The summed E-state index contributed by atoms with van der Waals surface area (Å²) in [6, 6.07) is 6.31. The van der Waals surface area contributed by atoms with Gasteiger partial charge in [-0.15, -0.1) is 0 Å². The molecule has 3 heteroatoms. The maximum atomic E-state index is 4.42. The molecular weight excluding hydrogens is 174 g/mol. The van der Waals surface area contributed by atoms with Gasteiger partial charge in [0.25, 0.3) is 0 Å². The Balaban J connectivity index is 2.66. The molecule has 0 saturated heterocycles. The summed E-state index contributed by atoms with van der Waals surface area (Å²) >= 11 is 0. The van der Waals surface area contributed by atoms with Crippen LogP contribution in [0.5, 0.6) is 0 Å². The maximum Gasteiger partial charge on any atom is 0.156 e. The van der Waals surface area contributed by atoms with Crippen LogP contribution in [0.2, 0.25) is 0 Å². The molecule has 0 fully saturated rings. The summed E-state index contributed by atoms with van der Waals surface area (Å²) in [6.45, 7) is 2.11. The molecule has 0 spiro atoms. The fraction of sp³-hybridized carbons (Fsp3) is 0.182. The van der Waals surface area contributed by atoms with Gasteiger partial charge in [-0.1, -0.05) is 0 Å². The second-order valence-corrected chi connectivity index (χ2v) is 3.63. The highest BCUT2D eigenvalue weighted by Gasteiger charge is 2.05. The van der Waals surface area contributed by atoms with Gasteiger partial charge >= 0.3 is 0 Å². The van der Waals surface area contributed by atoms with Crippen LogP contribution >= 0.6 is 0 Å². The van der Waals surface area contributed by atoms with E-state index in [0.29, 0.717) is 0 Å². The molecule has 0 aliphatic heterocycles. The van der Waals surface area contributed by atoms with E-state index in [1.807, 2.05) is 24.0 Å². The predicted molar refractivity (Wildman–Crippen MR) is 56.4 cm³/mol. The molecule has 3 heterocycles. The number of aromatic nitrogens is 3. The van der Waals surface area contributed by atoms with Gasteiger partial charge in [-0.3, -0.25) is 0 Å². The lowest BCUT2D eigenvalue weighted by atomic mass is 10.4. The molecule has 0 aliphatic rings. The molecule has 3 aromatic rings. The molecule has 0 amide bonds. The van der Waals surface area contributed by atoms with E-state index in [4.69, 9.17) is 0 Å². The van der Waals surface area contributed by atoms with Crippen molar-refractivity contribution in [2.24, 2.45) is 7.05 Å². The van der Waals surface area contributed by atoms with Crippen LogP contribution in [0.25, 0.3) is 16.7 Å². The molecule has 0 N–H and O–H groups in total. The van der Waals surface area contributed by atoms with Gasteiger partial charge in [0, 0.05) is 18.9 Å². The number of fused-ring (bicyclic) bond motifs is 3. The predicted octanol–water partition coefficient (Wildman–Crippen LogP) is 2.13. The van der Waals surface area contributed by atoms with E-state index in [0.717, 1.165) is 11.2 Å². The number of hydrogen-bond acceptors (Lipinski definition) is 1. The largest absolute Gasteiger partial charge is 0.334 e. The highest BCUT2D eigenvalue weighted by molar-refractivity contribution is 5.76. The number of aryl methyl sites for hydroxylation is 2. The van der Waals surface area contributed by atoms with Gasteiger partial charge in [0.1, 0.15) is 0 Å². The van der Waals surface area contributed by atoms with Gasteiger partial charge in [-0.05, 0) is 25.1 Å². The smallest absolute Gasteiger partial charge is 0.156 e. The molecule has 0 aliphatic carbocycles. The molecule has 0 bridgehead atoms. The van der Waals surface area contributed by atoms with Gasteiger partial charge < -0.3 is 8.97 Å².